The molecule has 1 fully saturated rings. The molecule has 8 nitrogen and oxygen atoms in total. The van der Waals surface area contributed by atoms with Crippen molar-refractivity contribution in [3.8, 4) is 0 Å². The van der Waals surface area contributed by atoms with Crippen LogP contribution in [0, 0.1) is 13.8 Å². The number of carbonyl (C=O) groups excluding carboxylic acids is 3. The lowest BCUT2D eigenvalue weighted by atomic mass is 10.0. The number of anilines is 2. The van der Waals surface area contributed by atoms with Crippen LogP contribution in [0.3, 0.4) is 0 Å². The van der Waals surface area contributed by atoms with E-state index in [0.29, 0.717) is 17.8 Å². The smallest absolute Gasteiger partial charge is 0.329 e. The maximum atomic E-state index is 12.4. The van der Waals surface area contributed by atoms with Gasteiger partial charge in [0.2, 0.25) is 0 Å². The number of imide groups is 1. The van der Waals surface area contributed by atoms with Gasteiger partial charge in [-0.1, -0.05) is 30.3 Å². The van der Waals surface area contributed by atoms with E-state index in [1.807, 2.05) is 31.2 Å². The fourth-order valence-electron chi connectivity index (χ4n) is 3.21. The van der Waals surface area contributed by atoms with Gasteiger partial charge in [-0.3, -0.25) is 4.79 Å². The Morgan fingerprint density at radius 2 is 1.93 bits per heavy atom. The topological polar surface area (TPSA) is 111 Å². The molecule has 1 atom stereocenters. The predicted octanol–water partition coefficient (Wildman–Crippen LogP) is 2.08. The minimum absolute atomic E-state index is 0.0481. The van der Waals surface area contributed by atoms with Crippen molar-refractivity contribution in [1.29, 1.82) is 0 Å². The van der Waals surface area contributed by atoms with Crippen LogP contribution in [0.1, 0.15) is 16.7 Å². The van der Waals surface area contributed by atoms with Crippen LogP contribution in [0.2, 0.25) is 0 Å². The Morgan fingerprint density at radius 1 is 1.17 bits per heavy atom. The third-order valence-corrected chi connectivity index (χ3v) is 4.83. The zero-order valence-corrected chi connectivity index (χ0v) is 16.4. The SMILES string of the molecule is Cc1ccccc1CC(CO)NC(=O)Nc1ccc(C)c(N2C(=O)CNC2=O)c1. The molecular formula is C21H24N4O4. The quantitative estimate of drug-likeness (QED) is 0.560. The van der Waals surface area contributed by atoms with E-state index >= 15 is 0 Å². The van der Waals surface area contributed by atoms with E-state index in [1.165, 1.54) is 0 Å². The largest absolute Gasteiger partial charge is 0.394 e. The summed E-state index contributed by atoms with van der Waals surface area (Å²) < 4.78 is 0. The number of amides is 5. The number of nitrogens with one attached hydrogen (secondary N) is 3. The van der Waals surface area contributed by atoms with Crippen LogP contribution in [0.4, 0.5) is 21.0 Å². The molecule has 4 N–H and O–H groups in total. The number of nitrogens with zero attached hydrogens (tertiary/aromatic N) is 1. The fourth-order valence-corrected chi connectivity index (χ4v) is 3.21. The summed E-state index contributed by atoms with van der Waals surface area (Å²) in [5.41, 5.74) is 3.71. The molecule has 0 radical (unpaired) electrons. The summed E-state index contributed by atoms with van der Waals surface area (Å²) in [6.07, 6.45) is 0.498. The molecule has 1 aliphatic heterocycles. The second kappa shape index (κ2) is 8.74. The minimum atomic E-state index is -0.488. The van der Waals surface area contributed by atoms with Crippen LogP contribution < -0.4 is 20.9 Å². The Bertz CT molecular complexity index is 928. The molecule has 0 aromatic heterocycles. The molecule has 5 amide bonds. The van der Waals surface area contributed by atoms with Gasteiger partial charge < -0.3 is 21.1 Å². The van der Waals surface area contributed by atoms with Crippen LogP contribution >= 0.6 is 0 Å². The summed E-state index contributed by atoms with van der Waals surface area (Å²) >= 11 is 0. The molecule has 152 valence electrons. The lowest BCUT2D eigenvalue weighted by Gasteiger charge is -2.19. The van der Waals surface area contributed by atoms with Gasteiger partial charge in [0.1, 0.15) is 0 Å². The standard InChI is InChI=1S/C21H24N4O4/c1-13-5-3-4-6-15(13)9-17(12-26)24-20(28)23-16-8-7-14(2)18(10-16)25-19(27)11-22-21(25)29/h3-8,10,17,26H,9,11-12H2,1-2H3,(H,22,29)(H2,23,24,28). The third kappa shape index (κ3) is 4.72. The molecule has 3 rings (SSSR count). The van der Waals surface area contributed by atoms with Crippen molar-refractivity contribution in [2.75, 3.05) is 23.4 Å². The number of hydrogen-bond donors (Lipinski definition) is 4. The van der Waals surface area contributed by atoms with Gasteiger partial charge in [-0.15, -0.1) is 0 Å². The van der Waals surface area contributed by atoms with E-state index in [2.05, 4.69) is 16.0 Å². The average Bonchev–Trinajstić information content (AvgIpc) is 3.02. The van der Waals surface area contributed by atoms with Gasteiger partial charge >= 0.3 is 12.1 Å². The zero-order valence-electron chi connectivity index (χ0n) is 16.4. The maximum Gasteiger partial charge on any atom is 0.329 e. The summed E-state index contributed by atoms with van der Waals surface area (Å²) in [6.45, 7) is 3.51. The number of aryl methyl sites for hydroxylation is 2. The number of hydrogen-bond acceptors (Lipinski definition) is 4. The molecule has 0 spiro atoms. The van der Waals surface area contributed by atoms with Crippen molar-refractivity contribution < 1.29 is 19.5 Å². The van der Waals surface area contributed by atoms with E-state index in [4.69, 9.17) is 0 Å². The van der Waals surface area contributed by atoms with Gasteiger partial charge in [-0.2, -0.15) is 0 Å². The van der Waals surface area contributed by atoms with Gasteiger partial charge in [0.15, 0.2) is 0 Å². The number of carbonyl (C=O) groups is 3. The molecule has 29 heavy (non-hydrogen) atoms. The highest BCUT2D eigenvalue weighted by atomic mass is 16.3. The molecule has 2 aromatic carbocycles. The van der Waals surface area contributed by atoms with Crippen LogP contribution in [0.25, 0.3) is 0 Å². The first kappa shape index (κ1) is 20.3. The highest BCUT2D eigenvalue weighted by Crippen LogP contribution is 2.26. The second-order valence-corrected chi connectivity index (χ2v) is 7.00. The molecule has 0 saturated carbocycles. The molecule has 1 saturated heterocycles. The maximum absolute atomic E-state index is 12.4. The number of rotatable bonds is 6. The number of urea groups is 2. The van der Waals surface area contributed by atoms with Crippen LogP contribution in [0.5, 0.6) is 0 Å². The van der Waals surface area contributed by atoms with E-state index in [0.717, 1.165) is 21.6 Å². The van der Waals surface area contributed by atoms with E-state index < -0.39 is 18.1 Å². The van der Waals surface area contributed by atoms with Gasteiger partial charge in [-0.05, 0) is 49.1 Å². The van der Waals surface area contributed by atoms with Crippen molar-refractivity contribution in [3.63, 3.8) is 0 Å². The minimum Gasteiger partial charge on any atom is -0.394 e. The lowest BCUT2D eigenvalue weighted by Crippen LogP contribution is -2.41. The van der Waals surface area contributed by atoms with Crippen molar-refractivity contribution in [1.82, 2.24) is 10.6 Å². The molecule has 1 aliphatic rings. The predicted molar refractivity (Wildman–Crippen MR) is 110 cm³/mol. The number of benzene rings is 2. The third-order valence-electron chi connectivity index (χ3n) is 4.83. The lowest BCUT2D eigenvalue weighted by molar-refractivity contribution is -0.115. The summed E-state index contributed by atoms with van der Waals surface area (Å²) in [6, 6.07) is 11.4. The van der Waals surface area contributed by atoms with Gasteiger partial charge in [0.05, 0.1) is 24.9 Å². The number of aliphatic hydroxyl groups is 1. The van der Waals surface area contributed by atoms with E-state index in [1.54, 1.807) is 25.1 Å². The monoisotopic (exact) mass is 396 g/mol. The van der Waals surface area contributed by atoms with E-state index in [-0.39, 0.29) is 19.1 Å². The highest BCUT2D eigenvalue weighted by Gasteiger charge is 2.31. The van der Waals surface area contributed by atoms with Crippen molar-refractivity contribution >= 4 is 29.3 Å². The molecule has 1 unspecified atom stereocenters. The Kier molecular flexibility index (Phi) is 6.13. The van der Waals surface area contributed by atoms with Crippen molar-refractivity contribution in [3.05, 3.63) is 59.2 Å². The molecule has 0 aliphatic carbocycles. The molecule has 8 heteroatoms. The first-order valence-corrected chi connectivity index (χ1v) is 9.33. The Balaban J connectivity index is 1.68. The van der Waals surface area contributed by atoms with E-state index in [9.17, 15) is 19.5 Å². The van der Waals surface area contributed by atoms with Gasteiger partial charge in [0, 0.05) is 5.69 Å². The van der Waals surface area contributed by atoms with Gasteiger partial charge in [0.25, 0.3) is 5.91 Å². The number of aliphatic hydroxyl groups excluding tert-OH is 1. The van der Waals surface area contributed by atoms with Gasteiger partial charge in [-0.25, -0.2) is 14.5 Å². The van der Waals surface area contributed by atoms with Crippen LogP contribution in [0.15, 0.2) is 42.5 Å². The summed E-state index contributed by atoms with van der Waals surface area (Å²) in [5.74, 6) is -0.349. The second-order valence-electron chi connectivity index (χ2n) is 7.00. The van der Waals surface area contributed by atoms with Crippen LogP contribution in [-0.2, 0) is 11.2 Å². The summed E-state index contributed by atoms with van der Waals surface area (Å²) in [4.78, 5) is 37.4. The Morgan fingerprint density at radius 3 is 2.59 bits per heavy atom. The van der Waals surface area contributed by atoms with Crippen LogP contribution in [-0.4, -0.2) is 42.3 Å². The average molecular weight is 396 g/mol. The molecule has 2 aromatic rings. The molecular weight excluding hydrogens is 372 g/mol. The first-order valence-electron chi connectivity index (χ1n) is 9.33. The first-order chi connectivity index (χ1) is 13.9. The normalized spacial score (nSPS) is 14.5. The zero-order chi connectivity index (χ0) is 21.0. The Hall–Kier alpha value is -3.39. The summed E-state index contributed by atoms with van der Waals surface area (Å²) in [7, 11) is 0. The molecule has 1 heterocycles. The molecule has 0 bridgehead atoms. The Labute approximate surface area is 168 Å². The fraction of sp³-hybridized carbons (Fsp3) is 0.286. The van der Waals surface area contributed by atoms with Crippen molar-refractivity contribution in [2.45, 2.75) is 26.3 Å². The van der Waals surface area contributed by atoms with Crippen molar-refractivity contribution in [2.24, 2.45) is 0 Å². The highest BCUT2D eigenvalue weighted by molar-refractivity contribution is 6.20. The summed E-state index contributed by atoms with van der Waals surface area (Å²) in [5, 5.41) is 17.6.